The van der Waals surface area contributed by atoms with Crippen LogP contribution >= 0.6 is 0 Å². The second-order valence-corrected chi connectivity index (χ2v) is 7.40. The molecule has 2 heterocycles. The maximum absolute atomic E-state index is 13.2. The summed E-state index contributed by atoms with van der Waals surface area (Å²) in [7, 11) is 1.61. The number of rotatable bonds is 5. The Morgan fingerprint density at radius 3 is 2.72 bits per heavy atom. The maximum atomic E-state index is 13.2. The molecule has 0 bridgehead atoms. The molecule has 1 amide bonds. The van der Waals surface area contributed by atoms with Gasteiger partial charge in [-0.2, -0.15) is 5.10 Å². The molecule has 1 fully saturated rings. The molecule has 1 aliphatic rings. The van der Waals surface area contributed by atoms with E-state index in [1.807, 2.05) is 41.1 Å². The van der Waals surface area contributed by atoms with Gasteiger partial charge < -0.3 is 15.4 Å². The molecule has 1 aliphatic heterocycles. The van der Waals surface area contributed by atoms with Crippen LogP contribution in [0.4, 0.5) is 5.69 Å². The van der Waals surface area contributed by atoms with Crippen LogP contribution in [0.3, 0.4) is 0 Å². The third kappa shape index (κ3) is 4.17. The van der Waals surface area contributed by atoms with Crippen LogP contribution in [-0.2, 0) is 0 Å². The first kappa shape index (κ1) is 19.2. The van der Waals surface area contributed by atoms with E-state index in [1.54, 1.807) is 13.3 Å². The lowest BCUT2D eigenvalue weighted by Crippen LogP contribution is -2.29. The molecule has 2 N–H and O–H groups in total. The van der Waals surface area contributed by atoms with Crippen LogP contribution < -0.4 is 15.4 Å². The summed E-state index contributed by atoms with van der Waals surface area (Å²) >= 11 is 0. The largest absolute Gasteiger partial charge is 0.497 e. The zero-order valence-corrected chi connectivity index (χ0v) is 16.8. The predicted molar refractivity (Wildman–Crippen MR) is 114 cm³/mol. The molecule has 150 valence electrons. The van der Waals surface area contributed by atoms with Crippen LogP contribution in [-0.4, -0.2) is 35.9 Å². The van der Waals surface area contributed by atoms with Gasteiger partial charge in [0.25, 0.3) is 5.91 Å². The normalized spacial score (nSPS) is 14.6. The van der Waals surface area contributed by atoms with Crippen molar-refractivity contribution in [3.8, 4) is 11.4 Å². The Morgan fingerprint density at radius 1 is 1.17 bits per heavy atom. The molecule has 0 unspecified atom stereocenters. The van der Waals surface area contributed by atoms with Gasteiger partial charge in [0.1, 0.15) is 5.75 Å². The van der Waals surface area contributed by atoms with E-state index >= 15 is 0 Å². The van der Waals surface area contributed by atoms with E-state index in [2.05, 4.69) is 34.8 Å². The van der Waals surface area contributed by atoms with E-state index < -0.39 is 0 Å². The molecular formula is C23H26N4O2. The molecule has 0 atom stereocenters. The second-order valence-electron chi connectivity index (χ2n) is 7.40. The Hall–Kier alpha value is -3.12. The van der Waals surface area contributed by atoms with E-state index in [-0.39, 0.29) is 11.8 Å². The topological polar surface area (TPSA) is 68.2 Å². The van der Waals surface area contributed by atoms with Crippen molar-refractivity contribution in [2.24, 2.45) is 0 Å². The molecule has 2 aromatic carbocycles. The second kappa shape index (κ2) is 8.49. The van der Waals surface area contributed by atoms with E-state index in [0.717, 1.165) is 42.9 Å². The lowest BCUT2D eigenvalue weighted by molar-refractivity contribution is 0.102. The van der Waals surface area contributed by atoms with E-state index in [9.17, 15) is 4.79 Å². The number of aryl methyl sites for hydroxylation is 1. The fourth-order valence-corrected chi connectivity index (χ4v) is 3.89. The highest BCUT2D eigenvalue weighted by Crippen LogP contribution is 2.31. The van der Waals surface area contributed by atoms with Crippen LogP contribution in [0.15, 0.2) is 54.7 Å². The van der Waals surface area contributed by atoms with Gasteiger partial charge in [-0.25, -0.2) is 4.68 Å². The number of methoxy groups -OCH3 is 1. The highest BCUT2D eigenvalue weighted by Gasteiger charge is 2.27. The SMILES string of the molecule is COc1cccc(NC(=O)c2cnn(-c3cccc(C)c3)c2C2CCNCC2)c1. The fraction of sp³-hybridized carbons (Fsp3) is 0.304. The number of piperidine rings is 1. The number of ether oxygens (including phenoxy) is 1. The summed E-state index contributed by atoms with van der Waals surface area (Å²) in [4.78, 5) is 13.2. The quantitative estimate of drug-likeness (QED) is 0.693. The van der Waals surface area contributed by atoms with Crippen molar-refractivity contribution < 1.29 is 9.53 Å². The minimum atomic E-state index is -0.148. The van der Waals surface area contributed by atoms with Gasteiger partial charge in [-0.1, -0.05) is 18.2 Å². The van der Waals surface area contributed by atoms with Gasteiger partial charge in [0.15, 0.2) is 0 Å². The predicted octanol–water partition coefficient (Wildman–Crippen LogP) is 3.91. The Morgan fingerprint density at radius 2 is 1.97 bits per heavy atom. The van der Waals surface area contributed by atoms with Crippen molar-refractivity contribution in [1.82, 2.24) is 15.1 Å². The minimum Gasteiger partial charge on any atom is -0.497 e. The van der Waals surface area contributed by atoms with Crippen molar-refractivity contribution in [3.05, 3.63) is 71.5 Å². The summed E-state index contributed by atoms with van der Waals surface area (Å²) in [6.07, 6.45) is 3.66. The Labute approximate surface area is 170 Å². The lowest BCUT2D eigenvalue weighted by atomic mass is 9.91. The number of nitrogens with zero attached hydrogens (tertiary/aromatic N) is 2. The molecule has 4 rings (SSSR count). The highest BCUT2D eigenvalue weighted by atomic mass is 16.5. The standard InChI is InChI=1S/C23H26N4O2/c1-16-5-3-7-19(13-16)27-22(17-9-11-24-12-10-17)21(15-25-27)23(28)26-18-6-4-8-20(14-18)29-2/h3-8,13-15,17,24H,9-12H2,1-2H3,(H,26,28). The van der Waals surface area contributed by atoms with Gasteiger partial charge in [-0.05, 0) is 62.7 Å². The summed E-state index contributed by atoms with van der Waals surface area (Å²) in [6.45, 7) is 3.95. The summed E-state index contributed by atoms with van der Waals surface area (Å²) in [5.41, 5.74) is 4.46. The highest BCUT2D eigenvalue weighted by molar-refractivity contribution is 6.05. The molecule has 29 heavy (non-hydrogen) atoms. The minimum absolute atomic E-state index is 0.148. The Kier molecular flexibility index (Phi) is 5.62. The number of anilines is 1. The van der Waals surface area contributed by atoms with Crippen molar-refractivity contribution in [1.29, 1.82) is 0 Å². The Balaban J connectivity index is 1.71. The number of amides is 1. The maximum Gasteiger partial charge on any atom is 0.259 e. The van der Waals surface area contributed by atoms with E-state index in [4.69, 9.17) is 4.74 Å². The molecule has 6 nitrogen and oxygen atoms in total. The zero-order valence-electron chi connectivity index (χ0n) is 16.8. The fourth-order valence-electron chi connectivity index (χ4n) is 3.89. The van der Waals surface area contributed by atoms with Crippen molar-refractivity contribution >= 4 is 11.6 Å². The number of carbonyl (C=O) groups excluding carboxylic acids is 1. The first-order valence-corrected chi connectivity index (χ1v) is 9.97. The zero-order chi connectivity index (χ0) is 20.2. The monoisotopic (exact) mass is 390 g/mol. The number of hydrogen-bond acceptors (Lipinski definition) is 4. The number of carbonyl (C=O) groups is 1. The average molecular weight is 390 g/mol. The van der Waals surface area contributed by atoms with E-state index in [0.29, 0.717) is 17.0 Å². The van der Waals surface area contributed by atoms with Gasteiger partial charge in [0, 0.05) is 17.7 Å². The number of aromatic nitrogens is 2. The van der Waals surface area contributed by atoms with Gasteiger partial charge in [0.05, 0.1) is 30.3 Å². The first-order chi connectivity index (χ1) is 14.2. The molecule has 0 spiro atoms. The molecular weight excluding hydrogens is 364 g/mol. The van der Waals surface area contributed by atoms with Crippen molar-refractivity contribution in [2.75, 3.05) is 25.5 Å². The Bertz CT molecular complexity index is 1010. The third-order valence-electron chi connectivity index (χ3n) is 5.35. The lowest BCUT2D eigenvalue weighted by Gasteiger charge is -2.24. The summed E-state index contributed by atoms with van der Waals surface area (Å²) < 4.78 is 7.19. The first-order valence-electron chi connectivity index (χ1n) is 9.97. The van der Waals surface area contributed by atoms with Gasteiger partial charge >= 0.3 is 0 Å². The van der Waals surface area contributed by atoms with Gasteiger partial charge in [0.2, 0.25) is 0 Å². The number of nitrogens with one attached hydrogen (secondary N) is 2. The summed E-state index contributed by atoms with van der Waals surface area (Å²) in [5, 5.41) is 11.0. The van der Waals surface area contributed by atoms with Crippen molar-refractivity contribution in [3.63, 3.8) is 0 Å². The molecule has 1 saturated heterocycles. The van der Waals surface area contributed by atoms with Crippen molar-refractivity contribution in [2.45, 2.75) is 25.7 Å². The van der Waals surface area contributed by atoms with Crippen LogP contribution in [0.5, 0.6) is 5.75 Å². The molecule has 6 heteroatoms. The molecule has 0 saturated carbocycles. The molecule has 1 aromatic heterocycles. The smallest absolute Gasteiger partial charge is 0.259 e. The van der Waals surface area contributed by atoms with Gasteiger partial charge in [-0.3, -0.25) is 4.79 Å². The molecule has 0 radical (unpaired) electrons. The molecule has 3 aromatic rings. The van der Waals surface area contributed by atoms with Crippen LogP contribution in [0.2, 0.25) is 0 Å². The number of hydrogen-bond donors (Lipinski definition) is 2. The van der Waals surface area contributed by atoms with Gasteiger partial charge in [-0.15, -0.1) is 0 Å². The molecule has 0 aliphatic carbocycles. The summed E-state index contributed by atoms with van der Waals surface area (Å²) in [5.74, 6) is 0.841. The number of benzene rings is 2. The summed E-state index contributed by atoms with van der Waals surface area (Å²) in [6, 6.07) is 15.6. The van der Waals surface area contributed by atoms with Crippen LogP contribution in [0, 0.1) is 6.92 Å². The average Bonchev–Trinajstić information content (AvgIpc) is 3.20. The van der Waals surface area contributed by atoms with Crippen LogP contribution in [0.25, 0.3) is 5.69 Å². The van der Waals surface area contributed by atoms with E-state index in [1.165, 1.54) is 0 Å². The third-order valence-corrected chi connectivity index (χ3v) is 5.35. The van der Waals surface area contributed by atoms with Crippen LogP contribution in [0.1, 0.15) is 40.4 Å².